The van der Waals surface area contributed by atoms with Crippen LogP contribution in [0.5, 0.6) is 11.5 Å². The van der Waals surface area contributed by atoms with Crippen molar-refractivity contribution in [2.75, 3.05) is 18.4 Å². The molecule has 5 rings (SSSR count). The SMILES string of the molecule is NC(=NN=Cc1ccc2ncnc(Nc3ccc(Oc4cccc(F)c4)c(Cl)c3)c2c1)N1CCC(O)C1. The summed E-state index contributed by atoms with van der Waals surface area (Å²) in [4.78, 5) is 10.5. The molecule has 37 heavy (non-hydrogen) atoms. The van der Waals surface area contributed by atoms with E-state index in [0.717, 1.165) is 16.5 Å². The molecule has 1 atom stereocenters. The van der Waals surface area contributed by atoms with Crippen molar-refractivity contribution >= 4 is 46.2 Å². The van der Waals surface area contributed by atoms with Gasteiger partial charge in [-0.2, -0.15) is 5.10 Å². The molecule has 3 aromatic carbocycles. The number of aliphatic hydroxyl groups excluding tert-OH is 1. The number of likely N-dealkylation sites (tertiary alicyclic amines) is 1. The van der Waals surface area contributed by atoms with Gasteiger partial charge in [0.15, 0.2) is 0 Å². The predicted octanol–water partition coefficient (Wildman–Crippen LogP) is 4.67. The maximum absolute atomic E-state index is 13.4. The number of benzene rings is 3. The Kier molecular flexibility index (Phi) is 7.11. The lowest BCUT2D eigenvalue weighted by Crippen LogP contribution is -2.35. The highest BCUT2D eigenvalue weighted by Crippen LogP contribution is 2.33. The second kappa shape index (κ2) is 10.8. The Balaban J connectivity index is 1.33. The van der Waals surface area contributed by atoms with Crippen LogP contribution in [0.3, 0.4) is 0 Å². The molecule has 1 aliphatic rings. The molecule has 1 fully saturated rings. The van der Waals surface area contributed by atoms with E-state index in [9.17, 15) is 9.50 Å². The van der Waals surface area contributed by atoms with E-state index >= 15 is 0 Å². The predicted molar refractivity (Wildman–Crippen MR) is 142 cm³/mol. The van der Waals surface area contributed by atoms with Crippen molar-refractivity contribution < 1.29 is 14.2 Å². The van der Waals surface area contributed by atoms with Gasteiger partial charge in [0.1, 0.15) is 29.5 Å². The van der Waals surface area contributed by atoms with E-state index in [0.29, 0.717) is 47.5 Å². The quantitative estimate of drug-likeness (QED) is 0.192. The summed E-state index contributed by atoms with van der Waals surface area (Å²) in [5, 5.41) is 22.2. The standard InChI is InChI=1S/C26H23ClFN7O2/c27-22-12-18(5-7-24(22)37-20-3-1-2-17(28)11-20)33-25-21-10-16(4-6-23(21)30-15-31-25)13-32-34-26(29)35-9-8-19(36)14-35/h1-7,10-13,15,19,36H,8-9,14H2,(H2,29,34)(H,30,31,33). The van der Waals surface area contributed by atoms with Gasteiger partial charge in [-0.25, -0.2) is 14.4 Å². The monoisotopic (exact) mass is 519 g/mol. The van der Waals surface area contributed by atoms with E-state index in [4.69, 9.17) is 22.1 Å². The van der Waals surface area contributed by atoms with E-state index in [1.165, 1.54) is 18.5 Å². The maximum Gasteiger partial charge on any atom is 0.216 e. The van der Waals surface area contributed by atoms with E-state index < -0.39 is 11.9 Å². The lowest BCUT2D eigenvalue weighted by Gasteiger charge is -2.14. The van der Waals surface area contributed by atoms with Crippen molar-refractivity contribution in [3.8, 4) is 11.5 Å². The highest BCUT2D eigenvalue weighted by Gasteiger charge is 2.21. The summed E-state index contributed by atoms with van der Waals surface area (Å²) in [5.41, 5.74) is 8.16. The van der Waals surface area contributed by atoms with Gasteiger partial charge in [0.2, 0.25) is 5.96 Å². The highest BCUT2D eigenvalue weighted by atomic mass is 35.5. The first-order chi connectivity index (χ1) is 17.9. The number of aromatic nitrogens is 2. The van der Waals surface area contributed by atoms with E-state index in [-0.39, 0.29) is 5.96 Å². The minimum atomic E-state index is -0.395. The third-order valence-electron chi connectivity index (χ3n) is 5.73. The molecule has 1 aromatic heterocycles. The number of ether oxygens (including phenoxy) is 1. The average molecular weight is 520 g/mol. The molecule has 188 valence electrons. The fourth-order valence-electron chi connectivity index (χ4n) is 3.88. The summed E-state index contributed by atoms with van der Waals surface area (Å²) in [7, 11) is 0. The van der Waals surface area contributed by atoms with E-state index in [1.807, 2.05) is 18.2 Å². The number of fused-ring (bicyclic) bond motifs is 1. The lowest BCUT2D eigenvalue weighted by molar-refractivity contribution is 0.188. The molecule has 0 spiro atoms. The molecule has 4 N–H and O–H groups in total. The maximum atomic E-state index is 13.4. The first-order valence-corrected chi connectivity index (χ1v) is 11.9. The van der Waals surface area contributed by atoms with Gasteiger partial charge in [0.25, 0.3) is 0 Å². The van der Waals surface area contributed by atoms with Crippen LogP contribution in [0.4, 0.5) is 15.9 Å². The summed E-state index contributed by atoms with van der Waals surface area (Å²) in [5.74, 6) is 1.19. The molecule has 1 unspecified atom stereocenters. The number of aliphatic hydroxyl groups is 1. The Bertz CT molecular complexity index is 1500. The van der Waals surface area contributed by atoms with Crippen LogP contribution in [0, 0.1) is 5.82 Å². The van der Waals surface area contributed by atoms with Gasteiger partial charge in [0, 0.05) is 30.2 Å². The number of hydrogen-bond donors (Lipinski definition) is 3. The van der Waals surface area contributed by atoms with Crippen LogP contribution in [0.2, 0.25) is 5.02 Å². The van der Waals surface area contributed by atoms with Crippen molar-refractivity contribution in [2.24, 2.45) is 15.9 Å². The van der Waals surface area contributed by atoms with Crippen LogP contribution in [0.1, 0.15) is 12.0 Å². The first-order valence-electron chi connectivity index (χ1n) is 11.5. The van der Waals surface area contributed by atoms with Gasteiger partial charge in [-0.05, 0) is 54.4 Å². The molecule has 1 aliphatic heterocycles. The van der Waals surface area contributed by atoms with Crippen LogP contribution in [-0.2, 0) is 0 Å². The fourth-order valence-corrected chi connectivity index (χ4v) is 4.10. The molecule has 0 aliphatic carbocycles. The van der Waals surface area contributed by atoms with E-state index in [2.05, 4.69) is 25.5 Å². The van der Waals surface area contributed by atoms with Gasteiger partial charge in [-0.15, -0.1) is 5.10 Å². The third-order valence-corrected chi connectivity index (χ3v) is 6.03. The van der Waals surface area contributed by atoms with Crippen LogP contribution < -0.4 is 15.8 Å². The smallest absolute Gasteiger partial charge is 0.216 e. The lowest BCUT2D eigenvalue weighted by atomic mass is 10.1. The molecule has 4 aromatic rings. The number of rotatable bonds is 6. The van der Waals surface area contributed by atoms with Crippen LogP contribution in [0.15, 0.2) is 77.2 Å². The second-order valence-corrected chi connectivity index (χ2v) is 8.83. The summed E-state index contributed by atoms with van der Waals surface area (Å²) >= 11 is 6.42. The minimum absolute atomic E-state index is 0.265. The molecule has 0 amide bonds. The second-order valence-electron chi connectivity index (χ2n) is 8.42. The van der Waals surface area contributed by atoms with Crippen molar-refractivity contribution in [3.63, 3.8) is 0 Å². The summed E-state index contributed by atoms with van der Waals surface area (Å²) < 4.78 is 19.1. The zero-order chi connectivity index (χ0) is 25.8. The van der Waals surface area contributed by atoms with Crippen LogP contribution in [0.25, 0.3) is 10.9 Å². The van der Waals surface area contributed by atoms with Gasteiger partial charge >= 0.3 is 0 Å². The largest absolute Gasteiger partial charge is 0.456 e. The van der Waals surface area contributed by atoms with Gasteiger partial charge in [-0.1, -0.05) is 23.7 Å². The number of nitrogens with one attached hydrogen (secondary N) is 1. The fraction of sp³-hybridized carbons (Fsp3) is 0.154. The number of β-amino-alcohol motifs (C(OH)–C–C–N with tert-alkyl or cyclic N) is 1. The van der Waals surface area contributed by atoms with Crippen molar-refractivity contribution in [1.82, 2.24) is 14.9 Å². The van der Waals surface area contributed by atoms with Gasteiger partial charge in [-0.3, -0.25) is 0 Å². The average Bonchev–Trinajstić information content (AvgIpc) is 3.32. The number of nitrogens with two attached hydrogens (primary N) is 1. The Morgan fingerprint density at radius 2 is 2.08 bits per heavy atom. The number of anilines is 2. The van der Waals surface area contributed by atoms with Gasteiger partial charge < -0.3 is 25.8 Å². The Morgan fingerprint density at radius 1 is 1.19 bits per heavy atom. The normalized spacial score (nSPS) is 16.0. The number of hydrogen-bond acceptors (Lipinski definition) is 7. The van der Waals surface area contributed by atoms with Crippen LogP contribution >= 0.6 is 11.6 Å². The summed E-state index contributed by atoms with van der Waals surface area (Å²) in [6.07, 6.45) is 3.33. The van der Waals surface area contributed by atoms with Crippen LogP contribution in [-0.4, -0.2) is 51.3 Å². The molecular weight excluding hydrogens is 497 g/mol. The zero-order valence-electron chi connectivity index (χ0n) is 19.6. The highest BCUT2D eigenvalue weighted by molar-refractivity contribution is 6.32. The number of guanidine groups is 1. The van der Waals surface area contributed by atoms with E-state index in [1.54, 1.807) is 41.4 Å². The van der Waals surface area contributed by atoms with Crippen molar-refractivity contribution in [1.29, 1.82) is 0 Å². The topological polar surface area (TPSA) is 121 Å². The summed E-state index contributed by atoms with van der Waals surface area (Å²) in [6.45, 7) is 1.10. The minimum Gasteiger partial charge on any atom is -0.456 e. The molecule has 0 radical (unpaired) electrons. The number of halogens is 2. The Morgan fingerprint density at radius 3 is 2.86 bits per heavy atom. The third kappa shape index (κ3) is 5.93. The molecule has 9 nitrogen and oxygen atoms in total. The zero-order valence-corrected chi connectivity index (χ0v) is 20.3. The molecule has 1 saturated heterocycles. The molecule has 11 heteroatoms. The molecule has 2 heterocycles. The Labute approximate surface area is 217 Å². The first kappa shape index (κ1) is 24.4. The molecular formula is C26H23ClFN7O2. The van der Waals surface area contributed by atoms with Crippen molar-refractivity contribution in [3.05, 3.63) is 83.4 Å². The molecule has 0 bridgehead atoms. The van der Waals surface area contributed by atoms with Gasteiger partial charge in [0.05, 0.1) is 22.9 Å². The molecule has 0 saturated carbocycles. The Hall–Kier alpha value is -4.28. The number of nitrogens with zero attached hydrogens (tertiary/aromatic N) is 5. The summed E-state index contributed by atoms with van der Waals surface area (Å²) in [6, 6.07) is 16.6. The van der Waals surface area contributed by atoms with Crippen molar-refractivity contribution in [2.45, 2.75) is 12.5 Å².